The number of hydrogen-bond acceptors (Lipinski definition) is 3. The molecule has 5 nitrogen and oxygen atoms in total. The standard InChI is InChI=1S/C11H23N3O2/c1-4-9(11(12)16)13-6-5-10(15)14-7-8(2)3/h8-9,13H,4-7H2,1-3H3,(H2,12,16)(H,14,15). The normalized spacial score (nSPS) is 12.5. The van der Waals surface area contributed by atoms with Crippen LogP contribution in [0.2, 0.25) is 0 Å². The zero-order valence-electron chi connectivity index (χ0n) is 10.4. The summed E-state index contributed by atoms with van der Waals surface area (Å²) >= 11 is 0. The molecule has 5 heteroatoms. The van der Waals surface area contributed by atoms with E-state index in [0.29, 0.717) is 31.8 Å². The summed E-state index contributed by atoms with van der Waals surface area (Å²) in [6.45, 7) is 7.12. The monoisotopic (exact) mass is 229 g/mol. The molecule has 0 aliphatic rings. The van der Waals surface area contributed by atoms with Gasteiger partial charge in [0.1, 0.15) is 0 Å². The Hall–Kier alpha value is -1.10. The van der Waals surface area contributed by atoms with E-state index in [-0.39, 0.29) is 17.9 Å². The SMILES string of the molecule is CCC(NCCC(=O)NCC(C)C)C(N)=O. The molecule has 0 heterocycles. The van der Waals surface area contributed by atoms with E-state index in [1.54, 1.807) is 0 Å². The average molecular weight is 229 g/mol. The first kappa shape index (κ1) is 14.9. The lowest BCUT2D eigenvalue weighted by Crippen LogP contribution is -2.42. The highest BCUT2D eigenvalue weighted by Gasteiger charge is 2.11. The Morgan fingerprint density at radius 3 is 2.38 bits per heavy atom. The predicted molar refractivity (Wildman–Crippen MR) is 63.7 cm³/mol. The molecular weight excluding hydrogens is 206 g/mol. The van der Waals surface area contributed by atoms with Crippen LogP contribution in [-0.4, -0.2) is 30.9 Å². The van der Waals surface area contributed by atoms with Crippen LogP contribution in [0, 0.1) is 5.92 Å². The molecule has 4 N–H and O–H groups in total. The third kappa shape index (κ3) is 7.23. The smallest absolute Gasteiger partial charge is 0.234 e. The molecule has 0 saturated carbocycles. The second-order valence-electron chi connectivity index (χ2n) is 4.27. The van der Waals surface area contributed by atoms with Crippen LogP contribution in [0.5, 0.6) is 0 Å². The Morgan fingerprint density at radius 2 is 1.94 bits per heavy atom. The molecule has 0 aliphatic heterocycles. The number of hydrogen-bond donors (Lipinski definition) is 3. The largest absolute Gasteiger partial charge is 0.368 e. The Bertz CT molecular complexity index is 229. The fourth-order valence-electron chi connectivity index (χ4n) is 1.21. The summed E-state index contributed by atoms with van der Waals surface area (Å²) in [5, 5.41) is 5.76. The first-order valence-corrected chi connectivity index (χ1v) is 5.76. The van der Waals surface area contributed by atoms with Gasteiger partial charge in [-0.15, -0.1) is 0 Å². The fourth-order valence-corrected chi connectivity index (χ4v) is 1.21. The second kappa shape index (κ2) is 8.10. The van der Waals surface area contributed by atoms with E-state index < -0.39 is 0 Å². The van der Waals surface area contributed by atoms with Crippen LogP contribution in [-0.2, 0) is 9.59 Å². The molecule has 0 radical (unpaired) electrons. The summed E-state index contributed by atoms with van der Waals surface area (Å²) < 4.78 is 0. The molecule has 0 saturated heterocycles. The van der Waals surface area contributed by atoms with Crippen molar-refractivity contribution in [2.75, 3.05) is 13.1 Å². The van der Waals surface area contributed by atoms with E-state index in [4.69, 9.17) is 5.73 Å². The summed E-state index contributed by atoms with van der Waals surface area (Å²) in [5.74, 6) is 0.0801. The van der Waals surface area contributed by atoms with Gasteiger partial charge in [-0.2, -0.15) is 0 Å². The van der Waals surface area contributed by atoms with Crippen LogP contribution in [0.3, 0.4) is 0 Å². The zero-order chi connectivity index (χ0) is 12.6. The van der Waals surface area contributed by atoms with E-state index in [9.17, 15) is 9.59 Å². The van der Waals surface area contributed by atoms with Crippen LogP contribution >= 0.6 is 0 Å². The minimum absolute atomic E-state index is 0.000485. The molecule has 0 bridgehead atoms. The third-order valence-electron chi connectivity index (χ3n) is 2.20. The Labute approximate surface area is 97.2 Å². The van der Waals surface area contributed by atoms with Crippen molar-refractivity contribution in [3.05, 3.63) is 0 Å². The Balaban J connectivity index is 3.64. The van der Waals surface area contributed by atoms with Crippen molar-refractivity contribution < 1.29 is 9.59 Å². The van der Waals surface area contributed by atoms with E-state index >= 15 is 0 Å². The van der Waals surface area contributed by atoms with Gasteiger partial charge in [0.05, 0.1) is 6.04 Å². The lowest BCUT2D eigenvalue weighted by atomic mass is 10.2. The molecule has 1 unspecified atom stereocenters. The lowest BCUT2D eigenvalue weighted by Gasteiger charge is -2.13. The predicted octanol–water partition coefficient (Wildman–Crippen LogP) is 0.00220. The van der Waals surface area contributed by atoms with Crippen molar-refractivity contribution in [3.8, 4) is 0 Å². The van der Waals surface area contributed by atoms with E-state index in [0.717, 1.165) is 0 Å². The summed E-state index contributed by atoms with van der Waals surface area (Å²) in [6, 6.07) is -0.335. The summed E-state index contributed by atoms with van der Waals surface area (Å²) in [4.78, 5) is 22.2. The summed E-state index contributed by atoms with van der Waals surface area (Å²) in [6.07, 6.45) is 1.01. The number of rotatable bonds is 8. The molecule has 0 rings (SSSR count). The van der Waals surface area contributed by atoms with Gasteiger partial charge in [-0.25, -0.2) is 0 Å². The van der Waals surface area contributed by atoms with Crippen LogP contribution in [0.25, 0.3) is 0 Å². The van der Waals surface area contributed by atoms with Crippen LogP contribution < -0.4 is 16.4 Å². The summed E-state index contributed by atoms with van der Waals surface area (Å²) in [7, 11) is 0. The quantitative estimate of drug-likeness (QED) is 0.548. The number of amides is 2. The van der Waals surface area contributed by atoms with Crippen molar-refractivity contribution in [2.24, 2.45) is 11.7 Å². The van der Waals surface area contributed by atoms with Gasteiger partial charge in [0, 0.05) is 19.5 Å². The zero-order valence-corrected chi connectivity index (χ0v) is 10.4. The van der Waals surface area contributed by atoms with Crippen LogP contribution in [0.4, 0.5) is 0 Å². The van der Waals surface area contributed by atoms with Gasteiger partial charge < -0.3 is 16.4 Å². The molecule has 2 amide bonds. The highest BCUT2D eigenvalue weighted by atomic mass is 16.2. The maximum atomic E-state index is 11.3. The van der Waals surface area contributed by atoms with Crippen molar-refractivity contribution in [1.82, 2.24) is 10.6 Å². The van der Waals surface area contributed by atoms with Gasteiger partial charge in [-0.05, 0) is 12.3 Å². The Morgan fingerprint density at radius 1 is 1.31 bits per heavy atom. The highest BCUT2D eigenvalue weighted by molar-refractivity contribution is 5.80. The van der Waals surface area contributed by atoms with Crippen LogP contribution in [0.1, 0.15) is 33.6 Å². The van der Waals surface area contributed by atoms with Crippen LogP contribution in [0.15, 0.2) is 0 Å². The van der Waals surface area contributed by atoms with E-state index in [1.165, 1.54) is 0 Å². The van der Waals surface area contributed by atoms with Gasteiger partial charge in [-0.1, -0.05) is 20.8 Å². The molecule has 0 fully saturated rings. The number of nitrogens with two attached hydrogens (primary N) is 1. The van der Waals surface area contributed by atoms with Gasteiger partial charge in [0.25, 0.3) is 0 Å². The van der Waals surface area contributed by atoms with Gasteiger partial charge in [0.2, 0.25) is 11.8 Å². The minimum atomic E-state index is -0.370. The van der Waals surface area contributed by atoms with Gasteiger partial charge in [0.15, 0.2) is 0 Å². The first-order chi connectivity index (χ1) is 7.47. The molecule has 0 aromatic heterocycles. The van der Waals surface area contributed by atoms with E-state index in [1.807, 2.05) is 20.8 Å². The average Bonchev–Trinajstić information content (AvgIpc) is 2.20. The number of carbonyl (C=O) groups is 2. The maximum Gasteiger partial charge on any atom is 0.234 e. The van der Waals surface area contributed by atoms with Gasteiger partial charge >= 0.3 is 0 Å². The first-order valence-electron chi connectivity index (χ1n) is 5.76. The van der Waals surface area contributed by atoms with E-state index in [2.05, 4.69) is 10.6 Å². The molecule has 0 aromatic rings. The van der Waals surface area contributed by atoms with Crippen molar-refractivity contribution in [1.29, 1.82) is 0 Å². The summed E-state index contributed by atoms with van der Waals surface area (Å²) in [5.41, 5.74) is 5.16. The highest BCUT2D eigenvalue weighted by Crippen LogP contribution is 1.91. The molecule has 0 spiro atoms. The number of carbonyl (C=O) groups excluding carboxylic acids is 2. The topological polar surface area (TPSA) is 84.2 Å². The van der Waals surface area contributed by atoms with Gasteiger partial charge in [-0.3, -0.25) is 9.59 Å². The number of nitrogens with one attached hydrogen (secondary N) is 2. The molecular formula is C11H23N3O2. The van der Waals surface area contributed by atoms with Crippen molar-refractivity contribution in [2.45, 2.75) is 39.7 Å². The molecule has 94 valence electrons. The second-order valence-corrected chi connectivity index (χ2v) is 4.27. The minimum Gasteiger partial charge on any atom is -0.368 e. The lowest BCUT2D eigenvalue weighted by molar-refractivity contribution is -0.122. The molecule has 0 aliphatic carbocycles. The molecule has 0 aromatic carbocycles. The third-order valence-corrected chi connectivity index (χ3v) is 2.20. The number of primary amides is 1. The maximum absolute atomic E-state index is 11.3. The van der Waals surface area contributed by atoms with Crippen molar-refractivity contribution in [3.63, 3.8) is 0 Å². The molecule has 16 heavy (non-hydrogen) atoms. The molecule has 1 atom stereocenters. The van der Waals surface area contributed by atoms with Crippen molar-refractivity contribution >= 4 is 11.8 Å². The Kier molecular flexibility index (Phi) is 7.54. The fraction of sp³-hybridized carbons (Fsp3) is 0.818.